The Labute approximate surface area is 60.8 Å². The first-order valence-corrected chi connectivity index (χ1v) is 3.48. The third-order valence-electron chi connectivity index (χ3n) is 1.56. The molecule has 1 aromatic rings. The maximum absolute atomic E-state index is 3.87. The summed E-state index contributed by atoms with van der Waals surface area (Å²) in [6.07, 6.45) is 1.78. The molecule has 1 atom stereocenters. The molecule has 0 aliphatic carbocycles. The fraction of sp³-hybridized carbons (Fsp3) is 0.571. The summed E-state index contributed by atoms with van der Waals surface area (Å²) in [7, 11) is 1.95. The van der Waals surface area contributed by atoms with E-state index in [1.165, 1.54) is 5.69 Å². The number of H-pyrrole nitrogens is 1. The van der Waals surface area contributed by atoms with Crippen LogP contribution in [0.1, 0.15) is 18.5 Å². The second-order valence-corrected chi connectivity index (χ2v) is 2.47. The van der Waals surface area contributed by atoms with E-state index in [1.54, 1.807) is 6.20 Å². The van der Waals surface area contributed by atoms with Gasteiger partial charge in [0.1, 0.15) is 0 Å². The van der Waals surface area contributed by atoms with E-state index in [-0.39, 0.29) is 0 Å². The van der Waals surface area contributed by atoms with Gasteiger partial charge in [0.05, 0.1) is 0 Å². The minimum atomic E-state index is 0.521. The zero-order valence-corrected chi connectivity index (χ0v) is 6.39. The molecular weight excluding hydrogens is 126 g/mol. The molecule has 0 aromatic carbocycles. The summed E-state index contributed by atoms with van der Waals surface area (Å²) >= 11 is 0. The van der Waals surface area contributed by atoms with Crippen molar-refractivity contribution in [1.82, 2.24) is 15.5 Å². The Bertz CT molecular complexity index is 169. The van der Waals surface area contributed by atoms with Crippen molar-refractivity contribution in [3.8, 4) is 0 Å². The summed E-state index contributed by atoms with van der Waals surface area (Å²) < 4.78 is 0. The number of rotatable bonds is 3. The summed E-state index contributed by atoms with van der Waals surface area (Å²) in [4.78, 5) is 0. The molecule has 0 aliphatic heterocycles. The van der Waals surface area contributed by atoms with E-state index < -0.39 is 0 Å². The van der Waals surface area contributed by atoms with Crippen molar-refractivity contribution in [2.24, 2.45) is 0 Å². The highest BCUT2D eigenvalue weighted by atomic mass is 15.1. The van der Waals surface area contributed by atoms with E-state index in [0.29, 0.717) is 5.92 Å². The van der Waals surface area contributed by atoms with Gasteiger partial charge in [-0.3, -0.25) is 5.10 Å². The lowest BCUT2D eigenvalue weighted by Crippen LogP contribution is -2.14. The largest absolute Gasteiger partial charge is 0.319 e. The molecule has 0 amide bonds. The van der Waals surface area contributed by atoms with Gasteiger partial charge in [-0.05, 0) is 13.1 Å². The van der Waals surface area contributed by atoms with Crippen LogP contribution in [0.5, 0.6) is 0 Å². The Morgan fingerprint density at radius 3 is 3.10 bits per heavy atom. The van der Waals surface area contributed by atoms with Gasteiger partial charge in [-0.1, -0.05) is 6.92 Å². The molecule has 0 radical (unpaired) electrons. The standard InChI is InChI=1S/C7H13N3/c1-6(5-8-2)7-3-4-9-10-7/h3-4,6,8H,5H2,1-2H3,(H,9,10). The molecule has 1 rings (SSSR count). The lowest BCUT2D eigenvalue weighted by molar-refractivity contribution is 0.659. The molecule has 0 fully saturated rings. The number of aromatic amines is 1. The molecule has 0 aliphatic rings. The topological polar surface area (TPSA) is 40.7 Å². The van der Waals surface area contributed by atoms with Gasteiger partial charge in [-0.15, -0.1) is 0 Å². The van der Waals surface area contributed by atoms with Crippen molar-refractivity contribution in [3.63, 3.8) is 0 Å². The van der Waals surface area contributed by atoms with Crippen LogP contribution < -0.4 is 5.32 Å². The molecule has 0 spiro atoms. The zero-order chi connectivity index (χ0) is 7.40. The van der Waals surface area contributed by atoms with Crippen molar-refractivity contribution in [2.75, 3.05) is 13.6 Å². The van der Waals surface area contributed by atoms with Gasteiger partial charge in [0.25, 0.3) is 0 Å². The van der Waals surface area contributed by atoms with Crippen LogP contribution in [0.15, 0.2) is 12.3 Å². The summed E-state index contributed by atoms with van der Waals surface area (Å²) in [5.74, 6) is 0.521. The molecule has 1 unspecified atom stereocenters. The van der Waals surface area contributed by atoms with E-state index in [4.69, 9.17) is 0 Å². The van der Waals surface area contributed by atoms with Crippen molar-refractivity contribution in [2.45, 2.75) is 12.8 Å². The quantitative estimate of drug-likeness (QED) is 0.648. The average Bonchev–Trinajstić information content (AvgIpc) is 2.38. The third-order valence-corrected chi connectivity index (χ3v) is 1.56. The number of hydrogen-bond donors (Lipinski definition) is 2. The molecule has 0 saturated carbocycles. The molecule has 1 heterocycles. The normalized spacial score (nSPS) is 13.4. The molecule has 0 saturated heterocycles. The smallest absolute Gasteiger partial charge is 0.0490 e. The van der Waals surface area contributed by atoms with E-state index in [2.05, 4.69) is 22.4 Å². The molecule has 2 N–H and O–H groups in total. The lowest BCUT2D eigenvalue weighted by atomic mass is 10.1. The first-order valence-electron chi connectivity index (χ1n) is 3.48. The molecule has 3 heteroatoms. The highest BCUT2D eigenvalue weighted by Crippen LogP contribution is 2.08. The van der Waals surface area contributed by atoms with Crippen LogP contribution in [0.25, 0.3) is 0 Å². The summed E-state index contributed by atoms with van der Waals surface area (Å²) in [5, 5.41) is 9.91. The van der Waals surface area contributed by atoms with Crippen LogP contribution in [0.3, 0.4) is 0 Å². The molecule has 0 bridgehead atoms. The van der Waals surface area contributed by atoms with Crippen molar-refractivity contribution in [3.05, 3.63) is 18.0 Å². The SMILES string of the molecule is CNCC(C)c1ccn[nH]1. The molecule has 56 valence electrons. The van der Waals surface area contributed by atoms with Gasteiger partial charge in [0, 0.05) is 24.4 Å². The van der Waals surface area contributed by atoms with Gasteiger partial charge in [-0.25, -0.2) is 0 Å². The van der Waals surface area contributed by atoms with Gasteiger partial charge in [0.15, 0.2) is 0 Å². The Morgan fingerprint density at radius 2 is 2.60 bits per heavy atom. The van der Waals surface area contributed by atoms with Gasteiger partial charge in [0.2, 0.25) is 0 Å². The van der Waals surface area contributed by atoms with E-state index in [9.17, 15) is 0 Å². The number of aromatic nitrogens is 2. The Kier molecular flexibility index (Phi) is 2.45. The molecule has 3 nitrogen and oxygen atoms in total. The maximum Gasteiger partial charge on any atom is 0.0490 e. The lowest BCUT2D eigenvalue weighted by Gasteiger charge is -2.06. The fourth-order valence-electron chi connectivity index (χ4n) is 0.957. The number of nitrogens with one attached hydrogen (secondary N) is 2. The molecular formula is C7H13N3. The van der Waals surface area contributed by atoms with Crippen molar-refractivity contribution in [1.29, 1.82) is 0 Å². The predicted octanol–water partition coefficient (Wildman–Crippen LogP) is 0.733. The summed E-state index contributed by atoms with van der Waals surface area (Å²) in [5.41, 5.74) is 1.19. The maximum atomic E-state index is 3.87. The first kappa shape index (κ1) is 7.28. The fourth-order valence-corrected chi connectivity index (χ4v) is 0.957. The monoisotopic (exact) mass is 139 g/mol. The van der Waals surface area contributed by atoms with E-state index >= 15 is 0 Å². The minimum Gasteiger partial charge on any atom is -0.319 e. The Morgan fingerprint density at radius 1 is 1.80 bits per heavy atom. The summed E-state index contributed by atoms with van der Waals surface area (Å²) in [6.45, 7) is 3.15. The Hall–Kier alpha value is -0.830. The van der Waals surface area contributed by atoms with Crippen LogP contribution >= 0.6 is 0 Å². The highest BCUT2D eigenvalue weighted by molar-refractivity contribution is 5.04. The van der Waals surface area contributed by atoms with Gasteiger partial charge >= 0.3 is 0 Å². The average molecular weight is 139 g/mol. The van der Waals surface area contributed by atoms with Gasteiger partial charge in [-0.2, -0.15) is 5.10 Å². The third kappa shape index (κ3) is 1.57. The van der Waals surface area contributed by atoms with E-state index in [1.807, 2.05) is 13.1 Å². The van der Waals surface area contributed by atoms with Crippen LogP contribution in [0.2, 0.25) is 0 Å². The van der Waals surface area contributed by atoms with Crippen LogP contribution in [-0.4, -0.2) is 23.8 Å². The second kappa shape index (κ2) is 3.37. The number of hydrogen-bond acceptors (Lipinski definition) is 2. The minimum absolute atomic E-state index is 0.521. The number of likely N-dealkylation sites (N-methyl/N-ethyl adjacent to an activating group) is 1. The van der Waals surface area contributed by atoms with Crippen LogP contribution in [-0.2, 0) is 0 Å². The second-order valence-electron chi connectivity index (χ2n) is 2.47. The first-order chi connectivity index (χ1) is 4.84. The van der Waals surface area contributed by atoms with E-state index in [0.717, 1.165) is 6.54 Å². The Balaban J connectivity index is 2.50. The van der Waals surface area contributed by atoms with Crippen molar-refractivity contribution >= 4 is 0 Å². The highest BCUT2D eigenvalue weighted by Gasteiger charge is 2.03. The number of nitrogens with zero attached hydrogens (tertiary/aromatic N) is 1. The van der Waals surface area contributed by atoms with Crippen LogP contribution in [0.4, 0.5) is 0 Å². The van der Waals surface area contributed by atoms with Crippen molar-refractivity contribution < 1.29 is 0 Å². The van der Waals surface area contributed by atoms with Gasteiger partial charge < -0.3 is 5.32 Å². The molecule has 10 heavy (non-hydrogen) atoms. The predicted molar refractivity (Wildman–Crippen MR) is 40.9 cm³/mol. The summed E-state index contributed by atoms with van der Waals surface area (Å²) in [6, 6.07) is 2.00. The molecule has 1 aromatic heterocycles. The zero-order valence-electron chi connectivity index (χ0n) is 6.39. The van der Waals surface area contributed by atoms with Crippen LogP contribution in [0, 0.1) is 0 Å².